The number of aliphatic hydroxyl groups is 3. The molecule has 1 fully saturated rings. The van der Waals surface area contributed by atoms with E-state index in [1.54, 1.807) is 44.2 Å². The van der Waals surface area contributed by atoms with Crippen molar-refractivity contribution < 1.29 is 34.7 Å². The Morgan fingerprint density at radius 2 is 1.79 bits per heavy atom. The molecule has 1 aromatic carbocycles. The van der Waals surface area contributed by atoms with Gasteiger partial charge in [-0.15, -0.1) is 0 Å². The third kappa shape index (κ3) is 3.00. The number of aliphatic hydroxyl groups excluding tert-OH is 3. The Morgan fingerprint density at radius 3 is 2.29 bits per heavy atom. The van der Waals surface area contributed by atoms with Crippen molar-refractivity contribution in [3.63, 3.8) is 0 Å². The summed E-state index contributed by atoms with van der Waals surface area (Å²) in [6.07, 6.45) is -6.39. The summed E-state index contributed by atoms with van der Waals surface area (Å²) in [6.45, 7) is 5.31. The standard InChI is InChI=1S/C17H24O7/c1-4-16(2,3)17(23-10-8-6-5-7-9-10)14(20)12(19)11(18)13(24-17)15(21)22/h5-9,11-14,18-20H,4H2,1-3H3,(H,21,22)/t11-,12-,13-,14+,17?/m0/s1. The first kappa shape index (κ1) is 18.7. The number of hydrogen-bond donors (Lipinski definition) is 4. The van der Waals surface area contributed by atoms with Gasteiger partial charge in [-0.05, 0) is 18.6 Å². The van der Waals surface area contributed by atoms with Crippen LogP contribution in [0.25, 0.3) is 0 Å². The fourth-order valence-corrected chi connectivity index (χ4v) is 2.81. The first-order chi connectivity index (χ1) is 11.2. The van der Waals surface area contributed by atoms with Gasteiger partial charge in [0, 0.05) is 5.41 Å². The summed E-state index contributed by atoms with van der Waals surface area (Å²) in [5, 5.41) is 40.1. The van der Waals surface area contributed by atoms with Crippen LogP contribution in [0.4, 0.5) is 0 Å². The molecular weight excluding hydrogens is 316 g/mol. The lowest BCUT2D eigenvalue weighted by molar-refractivity contribution is -0.365. The summed E-state index contributed by atoms with van der Waals surface area (Å²) in [6, 6.07) is 8.49. The molecule has 0 saturated carbocycles. The number of ether oxygens (including phenoxy) is 2. The number of carboxylic acids is 1. The number of rotatable bonds is 5. The molecule has 1 unspecified atom stereocenters. The molecule has 0 spiro atoms. The van der Waals surface area contributed by atoms with Crippen LogP contribution in [-0.4, -0.2) is 56.6 Å². The molecule has 5 atom stereocenters. The number of para-hydroxylation sites is 1. The van der Waals surface area contributed by atoms with E-state index >= 15 is 0 Å². The average molecular weight is 340 g/mol. The van der Waals surface area contributed by atoms with Crippen molar-refractivity contribution >= 4 is 5.97 Å². The summed E-state index contributed by atoms with van der Waals surface area (Å²) in [7, 11) is 0. The van der Waals surface area contributed by atoms with Gasteiger partial charge in [0.2, 0.25) is 5.79 Å². The van der Waals surface area contributed by atoms with E-state index in [0.717, 1.165) is 0 Å². The van der Waals surface area contributed by atoms with E-state index in [0.29, 0.717) is 12.2 Å². The summed E-state index contributed by atoms with van der Waals surface area (Å²) < 4.78 is 11.5. The molecule has 2 rings (SSSR count). The fraction of sp³-hybridized carbons (Fsp3) is 0.588. The fourth-order valence-electron chi connectivity index (χ4n) is 2.81. The molecule has 0 bridgehead atoms. The minimum Gasteiger partial charge on any atom is -0.479 e. The normalized spacial score (nSPS) is 33.9. The van der Waals surface area contributed by atoms with Gasteiger partial charge < -0.3 is 29.9 Å². The van der Waals surface area contributed by atoms with Crippen LogP contribution in [0.1, 0.15) is 27.2 Å². The predicted octanol–water partition coefficient (Wildman–Crippen LogP) is 0.764. The van der Waals surface area contributed by atoms with Crippen molar-refractivity contribution in [2.45, 2.75) is 57.4 Å². The minimum atomic E-state index is -1.84. The van der Waals surface area contributed by atoms with Gasteiger partial charge in [-0.1, -0.05) is 39.0 Å². The molecule has 0 aromatic heterocycles. The molecule has 0 radical (unpaired) electrons. The quantitative estimate of drug-likeness (QED) is 0.625. The highest BCUT2D eigenvalue weighted by atomic mass is 16.7. The second-order valence-corrected chi connectivity index (χ2v) is 6.62. The lowest BCUT2D eigenvalue weighted by Crippen LogP contribution is -2.72. The zero-order valence-electron chi connectivity index (χ0n) is 13.9. The minimum absolute atomic E-state index is 0.353. The molecule has 1 heterocycles. The van der Waals surface area contributed by atoms with Gasteiger partial charge in [0.25, 0.3) is 0 Å². The number of carboxylic acid groups (broad SMARTS) is 1. The van der Waals surface area contributed by atoms with E-state index in [1.807, 2.05) is 6.92 Å². The van der Waals surface area contributed by atoms with Crippen LogP contribution in [0.3, 0.4) is 0 Å². The molecule has 1 aliphatic heterocycles. The first-order valence-corrected chi connectivity index (χ1v) is 7.85. The van der Waals surface area contributed by atoms with Crippen LogP contribution in [0.2, 0.25) is 0 Å². The molecule has 134 valence electrons. The lowest BCUT2D eigenvalue weighted by atomic mass is 9.73. The molecule has 24 heavy (non-hydrogen) atoms. The van der Waals surface area contributed by atoms with Crippen LogP contribution in [0.5, 0.6) is 5.75 Å². The Morgan fingerprint density at radius 1 is 1.21 bits per heavy atom. The van der Waals surface area contributed by atoms with Gasteiger partial charge in [-0.2, -0.15) is 0 Å². The van der Waals surface area contributed by atoms with Crippen LogP contribution < -0.4 is 4.74 Å². The van der Waals surface area contributed by atoms with Crippen molar-refractivity contribution in [3.8, 4) is 5.75 Å². The lowest BCUT2D eigenvalue weighted by Gasteiger charge is -2.53. The molecule has 4 N–H and O–H groups in total. The molecule has 1 aromatic rings. The maximum Gasteiger partial charge on any atom is 0.335 e. The predicted molar refractivity (Wildman–Crippen MR) is 84.4 cm³/mol. The van der Waals surface area contributed by atoms with Gasteiger partial charge in [0.05, 0.1) is 0 Å². The van der Waals surface area contributed by atoms with Crippen molar-refractivity contribution in [2.24, 2.45) is 5.41 Å². The Hall–Kier alpha value is -1.67. The van der Waals surface area contributed by atoms with Crippen molar-refractivity contribution in [2.75, 3.05) is 0 Å². The smallest absolute Gasteiger partial charge is 0.335 e. The van der Waals surface area contributed by atoms with Crippen LogP contribution in [-0.2, 0) is 9.53 Å². The SMILES string of the molecule is CCC(C)(C)C1(Oc2ccccc2)O[C@H](C(=O)O)[C@@H](O)[C@H](O)[C@H]1O. The maximum atomic E-state index is 11.4. The topological polar surface area (TPSA) is 116 Å². The van der Waals surface area contributed by atoms with Gasteiger partial charge in [-0.3, -0.25) is 0 Å². The van der Waals surface area contributed by atoms with E-state index in [9.17, 15) is 25.2 Å². The van der Waals surface area contributed by atoms with Gasteiger partial charge in [0.1, 0.15) is 24.1 Å². The highest BCUT2D eigenvalue weighted by molar-refractivity contribution is 5.73. The molecular formula is C17H24O7. The number of benzene rings is 1. The number of aliphatic carboxylic acids is 1. The second kappa shape index (κ2) is 6.68. The van der Waals surface area contributed by atoms with Gasteiger partial charge in [-0.25, -0.2) is 4.79 Å². The monoisotopic (exact) mass is 340 g/mol. The summed E-state index contributed by atoms with van der Waals surface area (Å²) in [4.78, 5) is 11.4. The number of carbonyl (C=O) groups is 1. The van der Waals surface area contributed by atoms with Crippen molar-refractivity contribution in [1.29, 1.82) is 0 Å². The molecule has 1 aliphatic rings. The maximum absolute atomic E-state index is 11.4. The third-order valence-electron chi connectivity index (χ3n) is 4.76. The molecule has 0 aliphatic carbocycles. The zero-order chi connectivity index (χ0) is 18.1. The van der Waals surface area contributed by atoms with Crippen molar-refractivity contribution in [1.82, 2.24) is 0 Å². The van der Waals surface area contributed by atoms with E-state index in [1.165, 1.54) is 0 Å². The van der Waals surface area contributed by atoms with Crippen LogP contribution in [0, 0.1) is 5.41 Å². The Kier molecular flexibility index (Phi) is 5.19. The van der Waals surface area contributed by atoms with E-state index in [-0.39, 0.29) is 0 Å². The Bertz CT molecular complexity index is 574. The highest BCUT2D eigenvalue weighted by Crippen LogP contribution is 2.46. The Labute approximate surface area is 140 Å². The summed E-state index contributed by atoms with van der Waals surface area (Å²) in [5.41, 5.74) is -0.864. The van der Waals surface area contributed by atoms with Gasteiger partial charge in [0.15, 0.2) is 6.10 Å². The Balaban J connectivity index is 2.53. The van der Waals surface area contributed by atoms with Crippen LogP contribution >= 0.6 is 0 Å². The summed E-state index contributed by atoms with van der Waals surface area (Å²) in [5.74, 6) is -2.93. The van der Waals surface area contributed by atoms with Gasteiger partial charge >= 0.3 is 5.97 Å². The number of hydrogen-bond acceptors (Lipinski definition) is 6. The second-order valence-electron chi connectivity index (χ2n) is 6.62. The van der Waals surface area contributed by atoms with E-state index in [2.05, 4.69) is 0 Å². The largest absolute Gasteiger partial charge is 0.479 e. The third-order valence-corrected chi connectivity index (χ3v) is 4.76. The highest BCUT2D eigenvalue weighted by Gasteiger charge is 2.63. The van der Waals surface area contributed by atoms with Crippen LogP contribution in [0.15, 0.2) is 30.3 Å². The van der Waals surface area contributed by atoms with E-state index < -0.39 is 41.6 Å². The summed E-state index contributed by atoms with van der Waals surface area (Å²) >= 11 is 0. The molecule has 1 saturated heterocycles. The molecule has 7 heteroatoms. The van der Waals surface area contributed by atoms with E-state index in [4.69, 9.17) is 9.47 Å². The van der Waals surface area contributed by atoms with Crippen molar-refractivity contribution in [3.05, 3.63) is 30.3 Å². The average Bonchev–Trinajstić information content (AvgIpc) is 2.55. The zero-order valence-corrected chi connectivity index (χ0v) is 13.9. The molecule has 0 amide bonds. The first-order valence-electron chi connectivity index (χ1n) is 7.85. The molecule has 7 nitrogen and oxygen atoms in total.